The van der Waals surface area contributed by atoms with Crippen LogP contribution in [-0.2, 0) is 0 Å². The third kappa shape index (κ3) is 1.93. The van der Waals surface area contributed by atoms with Crippen molar-refractivity contribution in [1.82, 2.24) is 4.98 Å². The highest BCUT2D eigenvalue weighted by Crippen LogP contribution is 2.23. The van der Waals surface area contributed by atoms with Crippen molar-refractivity contribution < 1.29 is 5.82 Å². The number of benzene rings is 2. The molecule has 19 heavy (non-hydrogen) atoms. The van der Waals surface area contributed by atoms with E-state index in [0.717, 1.165) is 5.52 Å². The molecule has 3 heteroatoms. The molecule has 0 bridgehead atoms. The van der Waals surface area contributed by atoms with Crippen molar-refractivity contribution in [2.45, 2.75) is 6.92 Å². The quantitative estimate of drug-likeness (QED) is 0.703. The summed E-state index contributed by atoms with van der Waals surface area (Å²) in [7, 11) is 0. The summed E-state index contributed by atoms with van der Waals surface area (Å²) in [5.74, 6) is -0.272. The lowest BCUT2D eigenvalue weighted by atomic mass is 10.0. The van der Waals surface area contributed by atoms with Gasteiger partial charge in [0.1, 0.15) is 5.82 Å². The van der Waals surface area contributed by atoms with E-state index in [0.29, 0.717) is 22.2 Å². The van der Waals surface area contributed by atoms with E-state index in [9.17, 15) is 9.18 Å². The topological polar surface area (TPSA) is 32.9 Å². The molecule has 0 unspecified atom stereocenters. The number of para-hydroxylation sites is 1. The molecule has 3 aromatic rings. The molecule has 0 aliphatic carbocycles. The van der Waals surface area contributed by atoms with Gasteiger partial charge in [0.05, 0.1) is 5.69 Å². The Hall–Kier alpha value is -2.42. The number of aromatic nitrogens is 1. The maximum Gasteiger partial charge on any atom is 0.190 e. The Morgan fingerprint density at radius 2 is 1.89 bits per heavy atom. The molecule has 0 atom stereocenters. The molecule has 1 heterocycles. The number of pyridine rings is 1. The van der Waals surface area contributed by atoms with Gasteiger partial charge in [0.15, 0.2) is 5.43 Å². The first-order valence-electron chi connectivity index (χ1n) is 6.04. The predicted molar refractivity (Wildman–Crippen MR) is 76.8 cm³/mol. The standard InChI is InChI=1S/C16H12FNO.H2/c1-10-11(6-4-7-13(10)17)15-9-16(19)12-5-2-3-8-14(12)18-15;/h2-9H,1H3,(H,18,19);1H. The zero-order valence-corrected chi connectivity index (χ0v) is 10.4. The Bertz CT molecular complexity index is 826. The molecule has 1 N–H and O–H groups in total. The average molecular weight is 255 g/mol. The number of aromatic amines is 1. The lowest BCUT2D eigenvalue weighted by Crippen LogP contribution is -2.03. The maximum atomic E-state index is 13.6. The second-order valence-corrected chi connectivity index (χ2v) is 4.51. The van der Waals surface area contributed by atoms with Crippen molar-refractivity contribution in [2.75, 3.05) is 0 Å². The van der Waals surface area contributed by atoms with Crippen LogP contribution in [-0.4, -0.2) is 4.98 Å². The number of hydrogen-bond acceptors (Lipinski definition) is 1. The Morgan fingerprint density at radius 3 is 2.74 bits per heavy atom. The van der Waals surface area contributed by atoms with E-state index >= 15 is 0 Å². The largest absolute Gasteiger partial charge is 0.354 e. The van der Waals surface area contributed by atoms with Crippen LogP contribution in [0.3, 0.4) is 0 Å². The van der Waals surface area contributed by atoms with Gasteiger partial charge in [0, 0.05) is 24.0 Å². The SMILES string of the molecule is Cc1c(F)cccc1-c1cc(=O)c2ccccc2[nH]1.[HH]. The minimum atomic E-state index is -0.272. The van der Waals surface area contributed by atoms with Crippen LogP contribution in [0.2, 0.25) is 0 Å². The van der Waals surface area contributed by atoms with Crippen molar-refractivity contribution in [3.05, 3.63) is 70.1 Å². The lowest BCUT2D eigenvalue weighted by Gasteiger charge is -2.08. The lowest BCUT2D eigenvalue weighted by molar-refractivity contribution is 0.619. The first-order valence-corrected chi connectivity index (χ1v) is 6.04. The van der Waals surface area contributed by atoms with Gasteiger partial charge >= 0.3 is 0 Å². The smallest absolute Gasteiger partial charge is 0.190 e. The van der Waals surface area contributed by atoms with Crippen LogP contribution in [0.4, 0.5) is 4.39 Å². The van der Waals surface area contributed by atoms with Crippen LogP contribution in [0.15, 0.2) is 53.3 Å². The normalized spacial score (nSPS) is 10.8. The number of hydrogen-bond donors (Lipinski definition) is 1. The maximum absolute atomic E-state index is 13.6. The van der Waals surface area contributed by atoms with Crippen LogP contribution in [0.1, 0.15) is 6.99 Å². The fourth-order valence-electron chi connectivity index (χ4n) is 2.24. The minimum absolute atomic E-state index is 0. The summed E-state index contributed by atoms with van der Waals surface area (Å²) in [4.78, 5) is 15.2. The molecule has 0 spiro atoms. The van der Waals surface area contributed by atoms with E-state index in [1.54, 1.807) is 25.1 Å². The molecule has 0 aliphatic heterocycles. The molecule has 2 aromatic carbocycles. The van der Waals surface area contributed by atoms with Gasteiger partial charge in [-0.15, -0.1) is 0 Å². The summed E-state index contributed by atoms with van der Waals surface area (Å²) < 4.78 is 13.6. The summed E-state index contributed by atoms with van der Waals surface area (Å²) in [6, 6.07) is 13.7. The van der Waals surface area contributed by atoms with Crippen LogP contribution in [0.25, 0.3) is 22.2 Å². The molecule has 0 radical (unpaired) electrons. The minimum Gasteiger partial charge on any atom is -0.354 e. The molecule has 1 aromatic heterocycles. The van der Waals surface area contributed by atoms with E-state index in [4.69, 9.17) is 0 Å². The average Bonchev–Trinajstić information content (AvgIpc) is 2.42. The third-order valence-electron chi connectivity index (χ3n) is 3.30. The Kier molecular flexibility index (Phi) is 2.67. The first-order chi connectivity index (χ1) is 9.16. The highest BCUT2D eigenvalue weighted by molar-refractivity contribution is 5.81. The molecular weight excluding hydrogens is 241 g/mol. The fraction of sp³-hybridized carbons (Fsp3) is 0.0625. The van der Waals surface area contributed by atoms with Gasteiger partial charge in [-0.1, -0.05) is 24.3 Å². The second-order valence-electron chi connectivity index (χ2n) is 4.51. The number of H-pyrrole nitrogens is 1. The van der Waals surface area contributed by atoms with Crippen molar-refractivity contribution in [1.29, 1.82) is 0 Å². The molecule has 0 aliphatic rings. The van der Waals surface area contributed by atoms with Crippen LogP contribution < -0.4 is 5.43 Å². The summed E-state index contributed by atoms with van der Waals surface area (Å²) in [6.45, 7) is 1.71. The summed E-state index contributed by atoms with van der Waals surface area (Å²) >= 11 is 0. The summed E-state index contributed by atoms with van der Waals surface area (Å²) in [5, 5.41) is 0.639. The van der Waals surface area contributed by atoms with E-state index in [-0.39, 0.29) is 12.7 Å². The molecule has 0 saturated carbocycles. The summed E-state index contributed by atoms with van der Waals surface area (Å²) in [6.07, 6.45) is 0. The second kappa shape index (κ2) is 4.35. The zero-order chi connectivity index (χ0) is 13.4. The van der Waals surface area contributed by atoms with Gasteiger partial charge in [0.2, 0.25) is 0 Å². The van der Waals surface area contributed by atoms with Gasteiger partial charge in [-0.05, 0) is 30.7 Å². The fourth-order valence-corrected chi connectivity index (χ4v) is 2.24. The van der Waals surface area contributed by atoms with Gasteiger partial charge in [-0.2, -0.15) is 0 Å². The predicted octanol–water partition coefficient (Wildman–Crippen LogP) is 3.89. The monoisotopic (exact) mass is 255 g/mol. The molecule has 3 rings (SSSR count). The number of rotatable bonds is 1. The van der Waals surface area contributed by atoms with Gasteiger partial charge < -0.3 is 4.98 Å². The van der Waals surface area contributed by atoms with Gasteiger partial charge in [-0.25, -0.2) is 4.39 Å². The highest BCUT2D eigenvalue weighted by atomic mass is 19.1. The zero-order valence-electron chi connectivity index (χ0n) is 10.4. The van der Waals surface area contributed by atoms with E-state index in [2.05, 4.69) is 4.98 Å². The third-order valence-corrected chi connectivity index (χ3v) is 3.30. The van der Waals surface area contributed by atoms with Crippen LogP contribution in [0, 0.1) is 12.7 Å². The van der Waals surface area contributed by atoms with Crippen molar-refractivity contribution in [2.24, 2.45) is 0 Å². The molecule has 2 nitrogen and oxygen atoms in total. The Morgan fingerprint density at radius 1 is 1.11 bits per heavy atom. The molecular formula is C16H14FNO. The number of halogens is 1. The molecule has 96 valence electrons. The number of fused-ring (bicyclic) bond motifs is 1. The van der Waals surface area contributed by atoms with E-state index < -0.39 is 0 Å². The Labute approximate surface area is 111 Å². The van der Waals surface area contributed by atoms with Gasteiger partial charge in [0.25, 0.3) is 0 Å². The Balaban J connectivity index is 0.00000147. The van der Waals surface area contributed by atoms with Gasteiger partial charge in [-0.3, -0.25) is 4.79 Å². The van der Waals surface area contributed by atoms with Crippen molar-refractivity contribution >= 4 is 10.9 Å². The summed E-state index contributed by atoms with van der Waals surface area (Å²) in [5.41, 5.74) is 2.58. The first kappa shape index (κ1) is 11.7. The van der Waals surface area contributed by atoms with Crippen molar-refractivity contribution in [3.8, 4) is 11.3 Å². The highest BCUT2D eigenvalue weighted by Gasteiger charge is 2.08. The number of nitrogens with one attached hydrogen (secondary N) is 1. The molecule has 0 fully saturated rings. The molecule has 0 amide bonds. The van der Waals surface area contributed by atoms with Crippen molar-refractivity contribution in [3.63, 3.8) is 0 Å². The van der Waals surface area contributed by atoms with Crippen LogP contribution in [0.5, 0.6) is 0 Å². The van der Waals surface area contributed by atoms with E-state index in [1.165, 1.54) is 12.1 Å². The van der Waals surface area contributed by atoms with Crippen LogP contribution >= 0.6 is 0 Å². The van der Waals surface area contributed by atoms with E-state index in [1.807, 2.05) is 18.2 Å². The molecule has 0 saturated heterocycles.